The Balaban J connectivity index is 1.47. The van der Waals surface area contributed by atoms with Crippen LogP contribution in [0.4, 0.5) is 4.39 Å². The predicted octanol–water partition coefficient (Wildman–Crippen LogP) is 2.65. The quantitative estimate of drug-likeness (QED) is 0.478. The zero-order chi connectivity index (χ0) is 17.5. The van der Waals surface area contributed by atoms with Gasteiger partial charge in [-0.1, -0.05) is 6.07 Å². The fourth-order valence-electron chi connectivity index (χ4n) is 2.75. The normalized spacial score (nSPS) is 11.7. The highest BCUT2D eigenvalue weighted by atomic mass is 19.1. The number of aromatic amines is 1. The first kappa shape index (κ1) is 17.0. The van der Waals surface area contributed by atoms with Crippen molar-refractivity contribution < 1.29 is 4.39 Å². The lowest BCUT2D eigenvalue weighted by Gasteiger charge is -2.11. The van der Waals surface area contributed by atoms with Crippen LogP contribution in [0.15, 0.2) is 53.8 Å². The number of halogens is 1. The number of fused-ring (bicyclic) bond motifs is 1. The van der Waals surface area contributed by atoms with Crippen LogP contribution in [-0.4, -0.2) is 36.1 Å². The van der Waals surface area contributed by atoms with Gasteiger partial charge >= 0.3 is 0 Å². The zero-order valence-electron chi connectivity index (χ0n) is 14.2. The minimum absolute atomic E-state index is 0.215. The van der Waals surface area contributed by atoms with E-state index in [1.807, 2.05) is 24.4 Å². The molecular formula is C19H22FN5. The van der Waals surface area contributed by atoms with Crippen LogP contribution in [0.1, 0.15) is 11.3 Å². The fourth-order valence-corrected chi connectivity index (χ4v) is 2.75. The van der Waals surface area contributed by atoms with Crippen molar-refractivity contribution in [3.8, 4) is 0 Å². The van der Waals surface area contributed by atoms with Crippen LogP contribution in [0.2, 0.25) is 0 Å². The summed E-state index contributed by atoms with van der Waals surface area (Å²) in [6.45, 7) is 1.47. The molecule has 25 heavy (non-hydrogen) atoms. The summed E-state index contributed by atoms with van der Waals surface area (Å²) < 4.78 is 13.4. The van der Waals surface area contributed by atoms with Gasteiger partial charge in [-0.2, -0.15) is 0 Å². The Hall–Kier alpha value is -2.89. The highest BCUT2D eigenvalue weighted by Crippen LogP contribution is 2.19. The standard InChI is InChI=1S/C19H22FN5/c1-21-19(24-11-8-16-4-2-3-9-22-16)23-10-7-14-13-25-18-6-5-15(20)12-17(14)18/h2-6,9,12-13,25H,7-8,10-11H2,1H3,(H2,21,23,24). The number of aliphatic imine (C=N–C) groups is 1. The molecule has 6 heteroatoms. The van der Waals surface area contributed by atoms with Crippen molar-refractivity contribution in [3.05, 3.63) is 65.9 Å². The highest BCUT2D eigenvalue weighted by Gasteiger charge is 2.05. The first-order valence-electron chi connectivity index (χ1n) is 8.36. The second kappa shape index (κ2) is 8.28. The van der Waals surface area contributed by atoms with Crippen LogP contribution < -0.4 is 10.6 Å². The summed E-state index contributed by atoms with van der Waals surface area (Å²) in [4.78, 5) is 11.7. The van der Waals surface area contributed by atoms with Gasteiger partial charge < -0.3 is 15.6 Å². The van der Waals surface area contributed by atoms with Crippen molar-refractivity contribution in [2.24, 2.45) is 4.99 Å². The number of H-pyrrole nitrogens is 1. The van der Waals surface area contributed by atoms with Gasteiger partial charge in [0.2, 0.25) is 0 Å². The molecule has 0 aliphatic heterocycles. The van der Waals surface area contributed by atoms with Gasteiger partial charge in [-0.3, -0.25) is 9.98 Å². The first-order chi connectivity index (χ1) is 12.3. The minimum Gasteiger partial charge on any atom is -0.361 e. The SMILES string of the molecule is CN=C(NCCc1ccccn1)NCCc1c[nH]c2ccc(F)cc12. The maximum absolute atomic E-state index is 13.4. The molecule has 0 aliphatic rings. The van der Waals surface area contributed by atoms with E-state index in [4.69, 9.17) is 0 Å². The minimum atomic E-state index is -0.215. The summed E-state index contributed by atoms with van der Waals surface area (Å²) in [6, 6.07) is 10.7. The molecule has 0 bridgehead atoms. The number of aromatic nitrogens is 2. The molecule has 3 N–H and O–H groups in total. The zero-order valence-corrected chi connectivity index (χ0v) is 14.2. The monoisotopic (exact) mass is 339 g/mol. The highest BCUT2D eigenvalue weighted by molar-refractivity contribution is 5.83. The van der Waals surface area contributed by atoms with Crippen LogP contribution in [0, 0.1) is 5.82 Å². The lowest BCUT2D eigenvalue weighted by molar-refractivity contribution is 0.629. The average molecular weight is 339 g/mol. The van der Waals surface area contributed by atoms with Gasteiger partial charge in [0.15, 0.2) is 5.96 Å². The Morgan fingerprint density at radius 2 is 2.00 bits per heavy atom. The van der Waals surface area contributed by atoms with E-state index in [1.54, 1.807) is 25.4 Å². The molecule has 130 valence electrons. The largest absolute Gasteiger partial charge is 0.361 e. The van der Waals surface area contributed by atoms with Crippen molar-refractivity contribution in [2.45, 2.75) is 12.8 Å². The van der Waals surface area contributed by atoms with Crippen LogP contribution in [0.3, 0.4) is 0 Å². The Labute approximate surface area is 146 Å². The Kier molecular flexibility index (Phi) is 5.61. The Bertz CT molecular complexity index is 841. The van der Waals surface area contributed by atoms with E-state index in [0.29, 0.717) is 6.54 Å². The summed E-state index contributed by atoms with van der Waals surface area (Å²) >= 11 is 0. The van der Waals surface area contributed by atoms with Gasteiger partial charge in [-0.15, -0.1) is 0 Å². The van der Waals surface area contributed by atoms with Gasteiger partial charge in [0.1, 0.15) is 5.82 Å². The van der Waals surface area contributed by atoms with Crippen LogP contribution >= 0.6 is 0 Å². The molecule has 0 saturated carbocycles. The van der Waals surface area contributed by atoms with Crippen molar-refractivity contribution in [1.82, 2.24) is 20.6 Å². The number of benzene rings is 1. The Morgan fingerprint density at radius 3 is 2.76 bits per heavy atom. The maximum atomic E-state index is 13.4. The molecule has 5 nitrogen and oxygen atoms in total. The molecule has 0 atom stereocenters. The molecule has 3 aromatic rings. The second-order valence-electron chi connectivity index (χ2n) is 5.75. The molecule has 1 aromatic carbocycles. The van der Waals surface area contributed by atoms with Gasteiger partial charge in [0.05, 0.1) is 0 Å². The number of rotatable bonds is 6. The molecule has 0 fully saturated rings. The number of pyridine rings is 1. The number of guanidine groups is 1. The molecule has 0 amide bonds. The molecule has 0 unspecified atom stereocenters. The number of hydrogen-bond acceptors (Lipinski definition) is 2. The van der Waals surface area contributed by atoms with E-state index in [9.17, 15) is 4.39 Å². The van der Waals surface area contributed by atoms with E-state index in [1.165, 1.54) is 6.07 Å². The Morgan fingerprint density at radius 1 is 1.16 bits per heavy atom. The summed E-state index contributed by atoms with van der Waals surface area (Å²) in [5, 5.41) is 7.49. The van der Waals surface area contributed by atoms with Crippen molar-refractivity contribution in [1.29, 1.82) is 0 Å². The van der Waals surface area contributed by atoms with Crippen molar-refractivity contribution >= 4 is 16.9 Å². The molecule has 0 spiro atoms. The first-order valence-corrected chi connectivity index (χ1v) is 8.36. The van der Waals surface area contributed by atoms with E-state index >= 15 is 0 Å². The van der Waals surface area contributed by atoms with E-state index in [2.05, 4.69) is 25.6 Å². The number of nitrogens with one attached hydrogen (secondary N) is 3. The average Bonchev–Trinajstić information content (AvgIpc) is 3.03. The van der Waals surface area contributed by atoms with Gasteiger partial charge in [0.25, 0.3) is 0 Å². The van der Waals surface area contributed by atoms with Gasteiger partial charge in [-0.25, -0.2) is 4.39 Å². The number of nitrogens with zero attached hydrogens (tertiary/aromatic N) is 2. The third kappa shape index (κ3) is 4.56. The van der Waals surface area contributed by atoms with Gasteiger partial charge in [0, 0.05) is 55.5 Å². The predicted molar refractivity (Wildman–Crippen MR) is 99.3 cm³/mol. The van der Waals surface area contributed by atoms with Crippen LogP contribution in [0.5, 0.6) is 0 Å². The molecule has 2 heterocycles. The van der Waals surface area contributed by atoms with Crippen molar-refractivity contribution in [2.75, 3.05) is 20.1 Å². The molecule has 0 aliphatic carbocycles. The van der Waals surface area contributed by atoms with E-state index in [-0.39, 0.29) is 5.82 Å². The fraction of sp³-hybridized carbons (Fsp3) is 0.263. The lowest BCUT2D eigenvalue weighted by atomic mass is 10.1. The summed E-state index contributed by atoms with van der Waals surface area (Å²) in [5.41, 5.74) is 3.09. The summed E-state index contributed by atoms with van der Waals surface area (Å²) in [6.07, 6.45) is 5.35. The third-order valence-electron chi connectivity index (χ3n) is 4.04. The topological polar surface area (TPSA) is 65.1 Å². The molecule has 0 radical (unpaired) electrons. The van der Waals surface area contributed by atoms with E-state index in [0.717, 1.165) is 47.5 Å². The summed E-state index contributed by atoms with van der Waals surface area (Å²) in [7, 11) is 1.75. The smallest absolute Gasteiger partial charge is 0.190 e. The molecule has 3 rings (SSSR count). The lowest BCUT2D eigenvalue weighted by Crippen LogP contribution is -2.39. The third-order valence-corrected chi connectivity index (χ3v) is 4.04. The maximum Gasteiger partial charge on any atom is 0.190 e. The molecule has 0 saturated heterocycles. The van der Waals surface area contributed by atoms with E-state index < -0.39 is 0 Å². The van der Waals surface area contributed by atoms with Gasteiger partial charge in [-0.05, 0) is 42.3 Å². The second-order valence-corrected chi connectivity index (χ2v) is 5.75. The summed E-state index contributed by atoms with van der Waals surface area (Å²) in [5.74, 6) is 0.537. The molecular weight excluding hydrogens is 317 g/mol. The van der Waals surface area contributed by atoms with Crippen molar-refractivity contribution in [3.63, 3.8) is 0 Å². The number of hydrogen-bond donors (Lipinski definition) is 3. The van der Waals surface area contributed by atoms with Crippen LogP contribution in [0.25, 0.3) is 10.9 Å². The molecule has 2 aromatic heterocycles. The van der Waals surface area contributed by atoms with Crippen LogP contribution in [-0.2, 0) is 12.8 Å².